The third kappa shape index (κ3) is 3.06. The molecule has 0 bridgehead atoms. The van der Waals surface area contributed by atoms with Crippen molar-refractivity contribution < 1.29 is 14.3 Å². The molecule has 1 saturated heterocycles. The van der Waals surface area contributed by atoms with Crippen LogP contribution in [0.3, 0.4) is 0 Å². The fraction of sp³-hybridized carbons (Fsp3) is 0.417. The highest BCUT2D eigenvalue weighted by Crippen LogP contribution is 2.13. The SMILES string of the molecule is O=C1CCC(OCc2ccccc2)CO1. The topological polar surface area (TPSA) is 35.5 Å². The molecule has 0 spiro atoms. The first-order valence-corrected chi connectivity index (χ1v) is 5.16. The summed E-state index contributed by atoms with van der Waals surface area (Å²) in [5, 5.41) is 0. The van der Waals surface area contributed by atoms with Gasteiger partial charge in [-0.25, -0.2) is 0 Å². The summed E-state index contributed by atoms with van der Waals surface area (Å²) in [6.45, 7) is 0.981. The lowest BCUT2D eigenvalue weighted by Gasteiger charge is -2.21. The summed E-state index contributed by atoms with van der Waals surface area (Å²) in [5.74, 6) is -0.116. The molecule has 0 amide bonds. The van der Waals surface area contributed by atoms with Gasteiger partial charge in [-0.3, -0.25) is 4.79 Å². The Bertz CT molecular complexity index is 311. The van der Waals surface area contributed by atoms with E-state index in [4.69, 9.17) is 9.47 Å². The predicted molar refractivity (Wildman–Crippen MR) is 55.2 cm³/mol. The van der Waals surface area contributed by atoms with Crippen molar-refractivity contribution in [3.8, 4) is 0 Å². The van der Waals surface area contributed by atoms with Crippen molar-refractivity contribution in [3.63, 3.8) is 0 Å². The van der Waals surface area contributed by atoms with Crippen molar-refractivity contribution in [2.75, 3.05) is 6.61 Å². The van der Waals surface area contributed by atoms with E-state index in [1.165, 1.54) is 0 Å². The Kier molecular flexibility index (Phi) is 3.35. The first-order chi connectivity index (χ1) is 7.34. The summed E-state index contributed by atoms with van der Waals surface area (Å²) < 4.78 is 10.6. The summed E-state index contributed by atoms with van der Waals surface area (Å²) in [6.07, 6.45) is 1.30. The molecule has 0 aromatic heterocycles. The molecule has 2 rings (SSSR count). The molecule has 80 valence electrons. The van der Waals surface area contributed by atoms with E-state index in [1.54, 1.807) is 0 Å². The third-order valence-electron chi connectivity index (χ3n) is 2.43. The van der Waals surface area contributed by atoms with Crippen LogP contribution in [-0.4, -0.2) is 18.7 Å². The van der Waals surface area contributed by atoms with Gasteiger partial charge in [0.25, 0.3) is 0 Å². The average Bonchev–Trinajstić information content (AvgIpc) is 2.30. The zero-order valence-electron chi connectivity index (χ0n) is 8.52. The van der Waals surface area contributed by atoms with E-state index in [0.717, 1.165) is 12.0 Å². The van der Waals surface area contributed by atoms with Gasteiger partial charge in [0.15, 0.2) is 0 Å². The van der Waals surface area contributed by atoms with Crippen LogP contribution >= 0.6 is 0 Å². The standard InChI is InChI=1S/C12H14O3/c13-12-7-6-11(9-15-12)14-8-10-4-2-1-3-5-10/h1-5,11H,6-9H2. The number of hydrogen-bond donors (Lipinski definition) is 0. The van der Waals surface area contributed by atoms with Gasteiger partial charge < -0.3 is 9.47 Å². The van der Waals surface area contributed by atoms with Crippen molar-refractivity contribution in [2.45, 2.75) is 25.6 Å². The van der Waals surface area contributed by atoms with E-state index >= 15 is 0 Å². The van der Waals surface area contributed by atoms with E-state index in [2.05, 4.69) is 0 Å². The molecule has 1 fully saturated rings. The van der Waals surface area contributed by atoms with Crippen LogP contribution in [0.15, 0.2) is 30.3 Å². The summed E-state index contributed by atoms with van der Waals surface area (Å²) in [7, 11) is 0. The summed E-state index contributed by atoms with van der Waals surface area (Å²) in [5.41, 5.74) is 1.15. The minimum Gasteiger partial charge on any atom is -0.463 e. The largest absolute Gasteiger partial charge is 0.463 e. The van der Waals surface area contributed by atoms with Crippen LogP contribution < -0.4 is 0 Å². The van der Waals surface area contributed by atoms with Crippen LogP contribution in [0, 0.1) is 0 Å². The minimum absolute atomic E-state index is 0.0582. The van der Waals surface area contributed by atoms with Crippen LogP contribution in [0.25, 0.3) is 0 Å². The second kappa shape index (κ2) is 4.94. The van der Waals surface area contributed by atoms with Crippen LogP contribution in [0.5, 0.6) is 0 Å². The Morgan fingerprint density at radius 2 is 2.13 bits per heavy atom. The average molecular weight is 206 g/mol. The maximum absolute atomic E-state index is 10.8. The van der Waals surface area contributed by atoms with E-state index < -0.39 is 0 Å². The highest BCUT2D eigenvalue weighted by atomic mass is 16.6. The van der Waals surface area contributed by atoms with E-state index in [9.17, 15) is 4.79 Å². The van der Waals surface area contributed by atoms with Crippen LogP contribution in [0.1, 0.15) is 18.4 Å². The molecule has 1 heterocycles. The molecule has 3 nitrogen and oxygen atoms in total. The molecule has 1 unspecified atom stereocenters. The van der Waals surface area contributed by atoms with Crippen molar-refractivity contribution in [2.24, 2.45) is 0 Å². The fourth-order valence-electron chi connectivity index (χ4n) is 1.54. The van der Waals surface area contributed by atoms with Crippen molar-refractivity contribution in [1.82, 2.24) is 0 Å². The Labute approximate surface area is 89.0 Å². The Morgan fingerprint density at radius 1 is 1.33 bits per heavy atom. The monoisotopic (exact) mass is 206 g/mol. The van der Waals surface area contributed by atoms with Gasteiger partial charge in [0.05, 0.1) is 12.7 Å². The Morgan fingerprint density at radius 3 is 2.80 bits per heavy atom. The number of rotatable bonds is 3. The molecule has 1 aromatic rings. The van der Waals surface area contributed by atoms with Gasteiger partial charge in [0, 0.05) is 6.42 Å². The van der Waals surface area contributed by atoms with Gasteiger partial charge in [0.2, 0.25) is 0 Å². The second-order valence-corrected chi connectivity index (χ2v) is 3.64. The molecule has 1 aromatic carbocycles. The lowest BCUT2D eigenvalue weighted by molar-refractivity contribution is -0.155. The summed E-state index contributed by atoms with van der Waals surface area (Å²) >= 11 is 0. The van der Waals surface area contributed by atoms with Gasteiger partial charge in [-0.1, -0.05) is 30.3 Å². The van der Waals surface area contributed by atoms with E-state index in [0.29, 0.717) is 19.6 Å². The lowest BCUT2D eigenvalue weighted by Crippen LogP contribution is -2.28. The summed E-state index contributed by atoms with van der Waals surface area (Å²) in [6, 6.07) is 9.99. The third-order valence-corrected chi connectivity index (χ3v) is 2.43. The first kappa shape index (κ1) is 10.2. The van der Waals surface area contributed by atoms with Crippen LogP contribution in [-0.2, 0) is 20.9 Å². The van der Waals surface area contributed by atoms with Crippen molar-refractivity contribution >= 4 is 5.97 Å². The summed E-state index contributed by atoms with van der Waals surface area (Å²) in [4.78, 5) is 10.8. The number of carbonyl (C=O) groups excluding carboxylic acids is 1. The number of hydrogen-bond acceptors (Lipinski definition) is 3. The zero-order valence-corrected chi connectivity index (χ0v) is 8.52. The van der Waals surface area contributed by atoms with Gasteiger partial charge in [-0.05, 0) is 12.0 Å². The van der Waals surface area contributed by atoms with E-state index in [-0.39, 0.29) is 12.1 Å². The number of cyclic esters (lactones) is 1. The highest BCUT2D eigenvalue weighted by Gasteiger charge is 2.19. The molecule has 1 aliphatic rings. The van der Waals surface area contributed by atoms with Gasteiger partial charge in [0.1, 0.15) is 6.61 Å². The number of ether oxygens (including phenoxy) is 2. The molecular weight excluding hydrogens is 192 g/mol. The van der Waals surface area contributed by atoms with Gasteiger partial charge >= 0.3 is 5.97 Å². The first-order valence-electron chi connectivity index (χ1n) is 5.16. The molecular formula is C12H14O3. The Hall–Kier alpha value is -1.35. The second-order valence-electron chi connectivity index (χ2n) is 3.64. The maximum atomic E-state index is 10.8. The van der Waals surface area contributed by atoms with E-state index in [1.807, 2.05) is 30.3 Å². The van der Waals surface area contributed by atoms with Gasteiger partial charge in [-0.2, -0.15) is 0 Å². The Balaban J connectivity index is 1.77. The van der Waals surface area contributed by atoms with Gasteiger partial charge in [-0.15, -0.1) is 0 Å². The normalized spacial score (nSPS) is 21.1. The van der Waals surface area contributed by atoms with Crippen LogP contribution in [0.2, 0.25) is 0 Å². The molecule has 0 N–H and O–H groups in total. The molecule has 1 atom stereocenters. The quantitative estimate of drug-likeness (QED) is 0.709. The number of carbonyl (C=O) groups is 1. The number of esters is 1. The van der Waals surface area contributed by atoms with Crippen molar-refractivity contribution in [1.29, 1.82) is 0 Å². The lowest BCUT2D eigenvalue weighted by atomic mass is 10.1. The van der Waals surface area contributed by atoms with Crippen molar-refractivity contribution in [3.05, 3.63) is 35.9 Å². The molecule has 0 radical (unpaired) electrons. The smallest absolute Gasteiger partial charge is 0.305 e. The molecule has 0 saturated carbocycles. The minimum atomic E-state index is -0.116. The highest BCUT2D eigenvalue weighted by molar-refractivity contribution is 5.70. The zero-order chi connectivity index (χ0) is 10.5. The fourth-order valence-corrected chi connectivity index (χ4v) is 1.54. The molecule has 1 aliphatic heterocycles. The predicted octanol–water partition coefficient (Wildman–Crippen LogP) is 1.91. The number of benzene rings is 1. The van der Waals surface area contributed by atoms with Crippen LogP contribution in [0.4, 0.5) is 0 Å². The maximum Gasteiger partial charge on any atom is 0.305 e. The molecule has 15 heavy (non-hydrogen) atoms. The molecule has 0 aliphatic carbocycles. The molecule has 3 heteroatoms.